The van der Waals surface area contributed by atoms with E-state index in [1.165, 1.54) is 96.3 Å². The zero-order valence-corrected chi connectivity index (χ0v) is 17.2. The molecular formula is C21H48N4. The zero-order valence-electron chi connectivity index (χ0n) is 17.2. The molecule has 0 aromatic carbocycles. The molecular weight excluding hydrogens is 308 g/mol. The Bertz CT molecular complexity index is 236. The fraction of sp³-hybridized carbons (Fsp3) is 1.00. The molecule has 0 unspecified atom stereocenters. The molecule has 0 aromatic rings. The molecule has 0 fully saturated rings. The smallest absolute Gasteiger partial charge is 0.0254 e. The average Bonchev–Trinajstić information content (AvgIpc) is 2.62. The van der Waals surface area contributed by atoms with Gasteiger partial charge in [0.05, 0.1) is 0 Å². The Morgan fingerprint density at radius 3 is 1.40 bits per heavy atom. The molecule has 0 aliphatic heterocycles. The fourth-order valence-electron chi connectivity index (χ4n) is 3.32. The predicted octanol–water partition coefficient (Wildman–Crippen LogP) is 4.58. The Morgan fingerprint density at radius 2 is 1.00 bits per heavy atom. The van der Waals surface area contributed by atoms with Gasteiger partial charge in [-0.1, -0.05) is 96.8 Å². The van der Waals surface area contributed by atoms with E-state index in [9.17, 15) is 0 Å². The summed E-state index contributed by atoms with van der Waals surface area (Å²) in [6.45, 7) is 6.53. The molecule has 0 saturated carbocycles. The molecule has 0 amide bonds. The lowest BCUT2D eigenvalue weighted by Gasteiger charge is -2.22. The van der Waals surface area contributed by atoms with Crippen molar-refractivity contribution in [2.75, 3.05) is 32.7 Å². The van der Waals surface area contributed by atoms with Gasteiger partial charge in [0.15, 0.2) is 0 Å². The van der Waals surface area contributed by atoms with Gasteiger partial charge in [0.2, 0.25) is 0 Å². The van der Waals surface area contributed by atoms with Crippen molar-refractivity contribution in [2.24, 2.45) is 11.5 Å². The number of nitrogens with one attached hydrogen (secondary N) is 1. The van der Waals surface area contributed by atoms with Crippen LogP contribution in [-0.2, 0) is 0 Å². The quantitative estimate of drug-likeness (QED) is 0.208. The molecule has 152 valence electrons. The van der Waals surface area contributed by atoms with Crippen LogP contribution in [0.15, 0.2) is 0 Å². The lowest BCUT2D eigenvalue weighted by atomic mass is 10.0. The third-order valence-corrected chi connectivity index (χ3v) is 4.91. The number of hydrogen-bond donors (Lipinski definition) is 3. The van der Waals surface area contributed by atoms with Crippen LogP contribution < -0.4 is 16.9 Å². The minimum absolute atomic E-state index is 0.680. The van der Waals surface area contributed by atoms with Crippen molar-refractivity contribution in [3.8, 4) is 0 Å². The average molecular weight is 357 g/mol. The van der Waals surface area contributed by atoms with E-state index in [-0.39, 0.29) is 0 Å². The Labute approximate surface area is 158 Å². The van der Waals surface area contributed by atoms with Crippen LogP contribution >= 0.6 is 0 Å². The van der Waals surface area contributed by atoms with Crippen molar-refractivity contribution < 1.29 is 0 Å². The van der Waals surface area contributed by atoms with Crippen LogP contribution in [0.2, 0.25) is 0 Å². The van der Waals surface area contributed by atoms with Gasteiger partial charge in [-0.2, -0.15) is 0 Å². The summed E-state index contributed by atoms with van der Waals surface area (Å²) in [7, 11) is 0. The van der Waals surface area contributed by atoms with Crippen molar-refractivity contribution in [2.45, 2.75) is 103 Å². The van der Waals surface area contributed by atoms with E-state index in [1.807, 2.05) is 0 Å². The van der Waals surface area contributed by atoms with Gasteiger partial charge in [-0.25, -0.2) is 5.01 Å². The van der Waals surface area contributed by atoms with Crippen molar-refractivity contribution in [3.63, 3.8) is 0 Å². The summed E-state index contributed by atoms with van der Waals surface area (Å²) in [5.41, 5.74) is 14.5. The normalized spacial score (nSPS) is 11.5. The van der Waals surface area contributed by atoms with Gasteiger partial charge in [-0.05, 0) is 6.42 Å². The number of hydrogen-bond acceptors (Lipinski definition) is 4. The minimum Gasteiger partial charge on any atom is -0.329 e. The van der Waals surface area contributed by atoms with Crippen LogP contribution in [0, 0.1) is 0 Å². The molecule has 0 aromatic heterocycles. The lowest BCUT2D eigenvalue weighted by molar-refractivity contribution is 0.191. The number of unbranched alkanes of at least 4 members (excludes halogenated alkanes) is 14. The summed E-state index contributed by atoms with van der Waals surface area (Å²) in [5.74, 6) is 0. The van der Waals surface area contributed by atoms with Crippen molar-refractivity contribution in [1.29, 1.82) is 0 Å². The first kappa shape index (κ1) is 24.8. The van der Waals surface area contributed by atoms with Crippen molar-refractivity contribution in [3.05, 3.63) is 0 Å². The zero-order chi connectivity index (χ0) is 18.4. The highest BCUT2D eigenvalue weighted by atomic mass is 15.5. The van der Waals surface area contributed by atoms with E-state index >= 15 is 0 Å². The highest BCUT2D eigenvalue weighted by Gasteiger charge is 2.02. The molecule has 5 N–H and O–H groups in total. The highest BCUT2D eigenvalue weighted by Crippen LogP contribution is 2.13. The molecule has 25 heavy (non-hydrogen) atoms. The Hall–Kier alpha value is -0.160. The molecule has 0 rings (SSSR count). The summed E-state index contributed by atoms with van der Waals surface area (Å²) < 4.78 is 0. The molecule has 4 nitrogen and oxygen atoms in total. The summed E-state index contributed by atoms with van der Waals surface area (Å²) in [4.78, 5) is 0. The molecule has 0 radical (unpaired) electrons. The Kier molecular flexibility index (Phi) is 21.7. The van der Waals surface area contributed by atoms with Crippen LogP contribution in [0.5, 0.6) is 0 Å². The second kappa shape index (κ2) is 21.9. The summed E-state index contributed by atoms with van der Waals surface area (Å²) >= 11 is 0. The summed E-state index contributed by atoms with van der Waals surface area (Å²) in [6, 6.07) is 0. The molecule has 0 aliphatic carbocycles. The van der Waals surface area contributed by atoms with Gasteiger partial charge < -0.3 is 11.5 Å². The van der Waals surface area contributed by atoms with E-state index in [1.54, 1.807) is 0 Å². The molecule has 0 bridgehead atoms. The van der Waals surface area contributed by atoms with Gasteiger partial charge >= 0.3 is 0 Å². The second-order valence-electron chi connectivity index (χ2n) is 7.42. The first-order valence-electron chi connectivity index (χ1n) is 11.2. The van der Waals surface area contributed by atoms with E-state index in [0.29, 0.717) is 13.1 Å². The maximum atomic E-state index is 5.64. The first-order chi connectivity index (χ1) is 12.3. The monoisotopic (exact) mass is 356 g/mol. The lowest BCUT2D eigenvalue weighted by Crippen LogP contribution is -2.44. The van der Waals surface area contributed by atoms with E-state index in [2.05, 4.69) is 17.4 Å². The molecule has 4 heteroatoms. The van der Waals surface area contributed by atoms with E-state index in [0.717, 1.165) is 19.6 Å². The van der Waals surface area contributed by atoms with Crippen LogP contribution in [0.3, 0.4) is 0 Å². The third-order valence-electron chi connectivity index (χ3n) is 4.91. The predicted molar refractivity (Wildman–Crippen MR) is 113 cm³/mol. The number of nitrogens with two attached hydrogens (primary N) is 2. The maximum absolute atomic E-state index is 5.64. The topological polar surface area (TPSA) is 67.3 Å². The van der Waals surface area contributed by atoms with E-state index < -0.39 is 0 Å². The first-order valence-corrected chi connectivity index (χ1v) is 11.2. The molecule has 0 saturated heterocycles. The highest BCUT2D eigenvalue weighted by molar-refractivity contribution is 4.55. The summed E-state index contributed by atoms with van der Waals surface area (Å²) in [6.07, 6.45) is 21.2. The van der Waals surface area contributed by atoms with Crippen molar-refractivity contribution in [1.82, 2.24) is 10.4 Å². The Morgan fingerprint density at radius 1 is 0.560 bits per heavy atom. The van der Waals surface area contributed by atoms with Gasteiger partial charge in [-0.15, -0.1) is 0 Å². The van der Waals surface area contributed by atoms with Gasteiger partial charge in [0.25, 0.3) is 0 Å². The molecule has 0 heterocycles. The van der Waals surface area contributed by atoms with Gasteiger partial charge in [0.1, 0.15) is 0 Å². The molecule has 0 spiro atoms. The number of nitrogens with zero attached hydrogens (tertiary/aromatic N) is 1. The Balaban J connectivity index is 3.19. The molecule has 0 aliphatic rings. The molecule has 0 atom stereocenters. The fourth-order valence-corrected chi connectivity index (χ4v) is 3.32. The van der Waals surface area contributed by atoms with E-state index in [4.69, 9.17) is 11.5 Å². The van der Waals surface area contributed by atoms with Crippen LogP contribution in [-0.4, -0.2) is 37.7 Å². The maximum Gasteiger partial charge on any atom is 0.0254 e. The number of hydrazine groups is 1. The standard InChI is InChI=1S/C21H48N4/c1-2-3-4-5-6-7-8-9-10-11-12-13-14-15-16-20-25(21-18-23)24-19-17-22/h24H,2-23H2,1H3. The van der Waals surface area contributed by atoms with Gasteiger partial charge in [-0.3, -0.25) is 5.43 Å². The second-order valence-corrected chi connectivity index (χ2v) is 7.42. The van der Waals surface area contributed by atoms with Gasteiger partial charge in [0, 0.05) is 32.7 Å². The third kappa shape index (κ3) is 20.0. The largest absolute Gasteiger partial charge is 0.329 e. The minimum atomic E-state index is 0.680. The summed E-state index contributed by atoms with van der Waals surface area (Å²) in [5, 5.41) is 2.23. The van der Waals surface area contributed by atoms with Crippen LogP contribution in [0.1, 0.15) is 103 Å². The van der Waals surface area contributed by atoms with Crippen LogP contribution in [0.4, 0.5) is 0 Å². The van der Waals surface area contributed by atoms with Crippen LogP contribution in [0.25, 0.3) is 0 Å². The SMILES string of the molecule is CCCCCCCCCCCCCCCCCN(CCN)NCCN. The van der Waals surface area contributed by atoms with Crippen molar-refractivity contribution >= 4 is 0 Å². The number of rotatable bonds is 21.